The zero-order chi connectivity index (χ0) is 22.7. The second-order valence-electron chi connectivity index (χ2n) is 8.02. The van der Waals surface area contributed by atoms with Gasteiger partial charge in [-0.25, -0.2) is 16.8 Å². The summed E-state index contributed by atoms with van der Waals surface area (Å²) in [5, 5.41) is 0. The normalized spacial score (nSPS) is 13.6. The fourth-order valence-electron chi connectivity index (χ4n) is 3.15. The van der Waals surface area contributed by atoms with Crippen LogP contribution in [0.3, 0.4) is 0 Å². The first-order valence-corrected chi connectivity index (χ1v) is 14.4. The van der Waals surface area contributed by atoms with E-state index in [1.807, 2.05) is 0 Å². The van der Waals surface area contributed by atoms with Gasteiger partial charge in [-0.2, -0.15) is 0 Å². The van der Waals surface area contributed by atoms with E-state index in [2.05, 4.69) is 31.9 Å². The molecule has 0 saturated carbocycles. The monoisotopic (exact) mass is 576 g/mol. The Labute approximate surface area is 196 Å². The van der Waals surface area contributed by atoms with Crippen molar-refractivity contribution in [3.05, 3.63) is 68.6 Å². The van der Waals surface area contributed by atoms with Gasteiger partial charge in [-0.05, 0) is 47.2 Å². The van der Waals surface area contributed by atoms with Gasteiger partial charge in [-0.15, -0.1) is 0 Å². The molecule has 0 spiro atoms. The van der Waals surface area contributed by atoms with E-state index < -0.39 is 19.7 Å². The van der Waals surface area contributed by atoms with Gasteiger partial charge in [-0.1, -0.05) is 83.8 Å². The summed E-state index contributed by atoms with van der Waals surface area (Å²) in [6.45, 7) is 7.22. The highest BCUT2D eigenvalue weighted by Crippen LogP contribution is 2.37. The zero-order valence-corrected chi connectivity index (χ0v) is 22.2. The topological polar surface area (TPSA) is 68.3 Å². The maximum Gasteiger partial charge on any atom is 0.180 e. The van der Waals surface area contributed by atoms with Crippen molar-refractivity contribution in [2.24, 2.45) is 11.8 Å². The van der Waals surface area contributed by atoms with E-state index in [9.17, 15) is 16.8 Å². The number of sulfone groups is 2. The first kappa shape index (κ1) is 25.3. The molecule has 0 saturated heterocycles. The molecule has 2 aromatic rings. The van der Waals surface area contributed by atoms with Gasteiger partial charge in [0.1, 0.15) is 0 Å². The van der Waals surface area contributed by atoms with Gasteiger partial charge < -0.3 is 0 Å². The lowest BCUT2D eigenvalue weighted by Crippen LogP contribution is -2.20. The Kier molecular flexibility index (Phi) is 8.52. The molecule has 0 amide bonds. The number of benzene rings is 2. The molecule has 0 heterocycles. The van der Waals surface area contributed by atoms with Crippen molar-refractivity contribution in [1.82, 2.24) is 0 Å². The third kappa shape index (κ3) is 6.52. The molecule has 0 radical (unpaired) electrons. The summed E-state index contributed by atoms with van der Waals surface area (Å²) in [6, 6.07) is 13.4. The highest BCUT2D eigenvalue weighted by Gasteiger charge is 2.33. The second-order valence-corrected chi connectivity index (χ2v) is 13.8. The Morgan fingerprint density at radius 1 is 0.633 bits per heavy atom. The zero-order valence-electron chi connectivity index (χ0n) is 17.4. The molecule has 30 heavy (non-hydrogen) atoms. The standard InChI is InChI=1S/C22H26Br2O4S2/c1-15(2)13-29(25,26)21(17-5-9-19(23)10-6-17)22(30(27,28)14-16(3)4)18-7-11-20(24)12-8-18/h5-12,15-16H,13-14H2,1-4H3. The van der Waals surface area contributed by atoms with Crippen LogP contribution >= 0.6 is 31.9 Å². The fraction of sp³-hybridized carbons (Fsp3) is 0.364. The van der Waals surface area contributed by atoms with Gasteiger partial charge in [0.15, 0.2) is 19.7 Å². The summed E-state index contributed by atoms with van der Waals surface area (Å²) in [5.41, 5.74) is 0.730. The van der Waals surface area contributed by atoms with Crippen LogP contribution in [0.15, 0.2) is 57.5 Å². The SMILES string of the molecule is CC(C)CS(=O)(=O)C(=C(c1ccc(Br)cc1)S(=O)(=O)CC(C)C)c1ccc(Br)cc1. The van der Waals surface area contributed by atoms with Crippen molar-refractivity contribution in [1.29, 1.82) is 0 Å². The first-order chi connectivity index (χ1) is 13.8. The minimum absolute atomic E-state index is 0.133. The summed E-state index contributed by atoms with van der Waals surface area (Å²) in [6.07, 6.45) is 0. The summed E-state index contributed by atoms with van der Waals surface area (Å²) in [4.78, 5) is -0.265. The minimum Gasteiger partial charge on any atom is -0.224 e. The minimum atomic E-state index is -3.89. The van der Waals surface area contributed by atoms with E-state index in [-0.39, 0.29) is 33.2 Å². The van der Waals surface area contributed by atoms with Crippen LogP contribution in [0.1, 0.15) is 38.8 Å². The van der Waals surface area contributed by atoms with Gasteiger partial charge in [0, 0.05) is 8.95 Å². The van der Waals surface area contributed by atoms with E-state index in [0.29, 0.717) is 11.1 Å². The average molecular weight is 578 g/mol. The maximum atomic E-state index is 13.5. The van der Waals surface area contributed by atoms with Crippen LogP contribution in [0, 0.1) is 11.8 Å². The molecule has 164 valence electrons. The smallest absolute Gasteiger partial charge is 0.180 e. The molecule has 0 aromatic heterocycles. The van der Waals surface area contributed by atoms with Crippen molar-refractivity contribution >= 4 is 61.3 Å². The quantitative estimate of drug-likeness (QED) is 0.351. The first-order valence-electron chi connectivity index (χ1n) is 9.55. The van der Waals surface area contributed by atoms with Gasteiger partial charge in [0.25, 0.3) is 0 Å². The number of hydrogen-bond donors (Lipinski definition) is 0. The lowest BCUT2D eigenvalue weighted by Gasteiger charge is -2.19. The molecule has 0 aliphatic heterocycles. The van der Waals surface area contributed by atoms with Crippen LogP contribution in [-0.2, 0) is 19.7 Å². The van der Waals surface area contributed by atoms with E-state index in [1.165, 1.54) is 0 Å². The van der Waals surface area contributed by atoms with E-state index in [4.69, 9.17) is 0 Å². The van der Waals surface area contributed by atoms with Gasteiger partial charge in [0.05, 0.1) is 21.3 Å². The molecule has 0 aliphatic carbocycles. The largest absolute Gasteiger partial charge is 0.224 e. The van der Waals surface area contributed by atoms with Crippen molar-refractivity contribution in [2.75, 3.05) is 11.5 Å². The third-order valence-electron chi connectivity index (χ3n) is 4.15. The highest BCUT2D eigenvalue weighted by atomic mass is 79.9. The van der Waals surface area contributed by atoms with Gasteiger partial charge >= 0.3 is 0 Å². The predicted octanol–water partition coefficient (Wildman–Crippen LogP) is 6.18. The molecular weight excluding hydrogens is 552 g/mol. The third-order valence-corrected chi connectivity index (χ3v) is 9.67. The predicted molar refractivity (Wildman–Crippen MR) is 132 cm³/mol. The Bertz CT molecular complexity index is 1020. The van der Waals surface area contributed by atoms with Crippen molar-refractivity contribution in [2.45, 2.75) is 27.7 Å². The summed E-state index contributed by atoms with van der Waals surface area (Å²) >= 11 is 6.72. The number of rotatable bonds is 8. The summed E-state index contributed by atoms with van der Waals surface area (Å²) in [7, 11) is -7.78. The fourth-order valence-corrected chi connectivity index (χ4v) is 8.32. The van der Waals surface area contributed by atoms with Crippen molar-refractivity contribution < 1.29 is 16.8 Å². The number of halogens is 2. The van der Waals surface area contributed by atoms with Gasteiger partial charge in [-0.3, -0.25) is 0 Å². The summed E-state index contributed by atoms with van der Waals surface area (Å²) < 4.78 is 55.5. The molecule has 0 atom stereocenters. The van der Waals surface area contributed by atoms with E-state index in [1.54, 1.807) is 76.2 Å². The van der Waals surface area contributed by atoms with Gasteiger partial charge in [0.2, 0.25) is 0 Å². The molecule has 0 N–H and O–H groups in total. The molecular formula is C22H26Br2O4S2. The lowest BCUT2D eigenvalue weighted by atomic mass is 10.1. The average Bonchev–Trinajstić information content (AvgIpc) is 2.59. The number of hydrogen-bond acceptors (Lipinski definition) is 4. The van der Waals surface area contributed by atoms with Crippen LogP contribution in [0.5, 0.6) is 0 Å². The molecule has 2 rings (SSSR count). The van der Waals surface area contributed by atoms with Crippen LogP contribution < -0.4 is 0 Å². The van der Waals surface area contributed by atoms with Crippen LogP contribution in [-0.4, -0.2) is 28.3 Å². The van der Waals surface area contributed by atoms with Crippen molar-refractivity contribution in [3.8, 4) is 0 Å². The molecule has 0 fully saturated rings. The maximum absolute atomic E-state index is 13.5. The highest BCUT2D eigenvalue weighted by molar-refractivity contribution is 9.10. The van der Waals surface area contributed by atoms with Crippen LogP contribution in [0.25, 0.3) is 9.81 Å². The molecule has 0 unspecified atom stereocenters. The molecule has 0 aliphatic rings. The van der Waals surface area contributed by atoms with Crippen molar-refractivity contribution in [3.63, 3.8) is 0 Å². The summed E-state index contributed by atoms with van der Waals surface area (Å²) in [5.74, 6) is -0.593. The lowest BCUT2D eigenvalue weighted by molar-refractivity contribution is 0.588. The Morgan fingerprint density at radius 2 is 0.900 bits per heavy atom. The Morgan fingerprint density at radius 3 is 1.13 bits per heavy atom. The van der Waals surface area contributed by atoms with Crippen LogP contribution in [0.4, 0.5) is 0 Å². The molecule has 2 aromatic carbocycles. The van der Waals surface area contributed by atoms with E-state index >= 15 is 0 Å². The molecule has 0 bridgehead atoms. The Balaban J connectivity index is 3.00. The van der Waals surface area contributed by atoms with E-state index in [0.717, 1.165) is 8.95 Å². The molecule has 4 nitrogen and oxygen atoms in total. The second kappa shape index (κ2) is 10.1. The Hall–Kier alpha value is -0.960. The van der Waals surface area contributed by atoms with Crippen LogP contribution in [0.2, 0.25) is 0 Å². The molecule has 8 heteroatoms.